The number of hydrogen-bond acceptors (Lipinski definition) is 4. The van der Waals surface area contributed by atoms with Gasteiger partial charge in [0.25, 0.3) is 5.91 Å². The van der Waals surface area contributed by atoms with Crippen LogP contribution in [0.2, 0.25) is 10.0 Å². The van der Waals surface area contributed by atoms with E-state index < -0.39 is 5.91 Å². The van der Waals surface area contributed by atoms with E-state index >= 15 is 0 Å². The Morgan fingerprint density at radius 2 is 1.65 bits per heavy atom. The molecule has 0 spiro atoms. The zero-order valence-corrected chi connectivity index (χ0v) is 19.4. The van der Waals surface area contributed by atoms with Crippen LogP contribution in [-0.4, -0.2) is 28.0 Å². The average molecular weight is 495 g/mol. The van der Waals surface area contributed by atoms with E-state index in [1.165, 1.54) is 0 Å². The van der Waals surface area contributed by atoms with E-state index in [1.54, 1.807) is 47.0 Å². The molecule has 0 aliphatic heterocycles. The zero-order valence-electron chi connectivity index (χ0n) is 17.9. The topological polar surface area (TPSA) is 96.1 Å². The highest BCUT2D eigenvalue weighted by molar-refractivity contribution is 6.31. The Bertz CT molecular complexity index is 1380. The van der Waals surface area contributed by atoms with Crippen molar-refractivity contribution < 1.29 is 14.7 Å². The lowest BCUT2D eigenvalue weighted by molar-refractivity contribution is -0.124. The van der Waals surface area contributed by atoms with Crippen LogP contribution in [0.3, 0.4) is 0 Å². The molecule has 172 valence electrons. The highest BCUT2D eigenvalue weighted by Gasteiger charge is 2.18. The van der Waals surface area contributed by atoms with E-state index in [0.29, 0.717) is 22.0 Å². The second kappa shape index (κ2) is 10.5. The smallest absolute Gasteiger partial charge is 0.283 e. The molecule has 0 radical (unpaired) electrons. The van der Waals surface area contributed by atoms with Crippen LogP contribution in [0.4, 0.5) is 5.69 Å². The second-order valence-electron chi connectivity index (χ2n) is 7.54. The molecule has 1 heterocycles. The largest absolute Gasteiger partial charge is 0.493 e. The van der Waals surface area contributed by atoms with E-state index in [1.807, 2.05) is 30.3 Å². The van der Waals surface area contributed by atoms with Crippen LogP contribution in [0.15, 0.2) is 83.0 Å². The van der Waals surface area contributed by atoms with Crippen LogP contribution in [0, 0.1) is 0 Å². The molecule has 0 aliphatic carbocycles. The van der Waals surface area contributed by atoms with Gasteiger partial charge in [-0.25, -0.2) is 0 Å². The van der Waals surface area contributed by atoms with Gasteiger partial charge < -0.3 is 15.0 Å². The molecule has 7 nitrogen and oxygen atoms in total. The number of fused-ring (bicyclic) bond motifs is 1. The number of nitrogens with zero attached hydrogens (tertiary/aromatic N) is 3. The molecule has 34 heavy (non-hydrogen) atoms. The Kier molecular flexibility index (Phi) is 7.25. The van der Waals surface area contributed by atoms with E-state index in [0.717, 1.165) is 16.6 Å². The summed E-state index contributed by atoms with van der Waals surface area (Å²) in [5.74, 6) is -1.11. The number of nitrogens with one attached hydrogen (secondary N) is 1. The van der Waals surface area contributed by atoms with Gasteiger partial charge in [0, 0.05) is 15.4 Å². The molecular formula is C25H20Cl2N4O3. The predicted octanol–water partition coefficient (Wildman–Crippen LogP) is 5.67. The Morgan fingerprint density at radius 3 is 2.41 bits per heavy atom. The summed E-state index contributed by atoms with van der Waals surface area (Å²) in [6, 6.07) is 21.5. The van der Waals surface area contributed by atoms with Crippen LogP contribution < -0.4 is 5.32 Å². The molecule has 0 saturated carbocycles. The average Bonchev–Trinajstić information content (AvgIpc) is 3.10. The maximum Gasteiger partial charge on any atom is 0.283 e. The maximum absolute atomic E-state index is 12.2. The number of hydrogen-bond donors (Lipinski definition) is 2. The summed E-state index contributed by atoms with van der Waals surface area (Å²) < 4.78 is 1.66. The molecule has 9 heteroatoms. The van der Waals surface area contributed by atoms with Gasteiger partial charge >= 0.3 is 0 Å². The lowest BCUT2D eigenvalue weighted by atomic mass is 10.1. The molecule has 0 saturated heterocycles. The van der Waals surface area contributed by atoms with E-state index in [4.69, 9.17) is 23.2 Å². The second-order valence-corrected chi connectivity index (χ2v) is 8.38. The first-order valence-electron chi connectivity index (χ1n) is 10.4. The number of rotatable bonds is 7. The molecule has 3 aromatic carbocycles. The minimum Gasteiger partial charge on any atom is -0.493 e. The van der Waals surface area contributed by atoms with Gasteiger partial charge in [0.05, 0.1) is 18.5 Å². The molecule has 4 aromatic rings. The highest BCUT2D eigenvalue weighted by atomic mass is 35.5. The van der Waals surface area contributed by atoms with Crippen LogP contribution in [0.25, 0.3) is 10.9 Å². The molecule has 0 fully saturated rings. The number of carbonyl (C=O) groups is 2. The van der Waals surface area contributed by atoms with Crippen LogP contribution in [0.5, 0.6) is 5.88 Å². The number of halogens is 2. The van der Waals surface area contributed by atoms with E-state index in [2.05, 4.69) is 15.5 Å². The number of para-hydroxylation sites is 1. The fourth-order valence-electron chi connectivity index (χ4n) is 3.49. The van der Waals surface area contributed by atoms with E-state index in [9.17, 15) is 14.7 Å². The number of benzene rings is 3. The minimum absolute atomic E-state index is 0.109. The van der Waals surface area contributed by atoms with Gasteiger partial charge in [-0.15, -0.1) is 10.2 Å². The predicted molar refractivity (Wildman–Crippen MR) is 132 cm³/mol. The molecule has 2 amide bonds. The summed E-state index contributed by atoms with van der Waals surface area (Å²) in [5, 5.41) is 22.9. The number of aromatic hydroxyl groups is 1. The Morgan fingerprint density at radius 1 is 0.941 bits per heavy atom. The molecule has 2 N–H and O–H groups in total. The van der Waals surface area contributed by atoms with Gasteiger partial charge in [-0.3, -0.25) is 9.59 Å². The summed E-state index contributed by atoms with van der Waals surface area (Å²) in [7, 11) is 0. The SMILES string of the molecule is O=C(CNC(=O)Cc1ccc(Cl)cc1)N=Nc1c(O)n(Cc2ccccc2Cl)c2ccccc12. The summed E-state index contributed by atoms with van der Waals surface area (Å²) in [5.41, 5.74) is 2.48. The van der Waals surface area contributed by atoms with E-state index in [-0.39, 0.29) is 30.4 Å². The van der Waals surface area contributed by atoms with Crippen molar-refractivity contribution in [2.75, 3.05) is 6.54 Å². The highest BCUT2D eigenvalue weighted by Crippen LogP contribution is 2.39. The van der Waals surface area contributed by atoms with Gasteiger partial charge in [-0.1, -0.05) is 71.7 Å². The summed E-state index contributed by atoms with van der Waals surface area (Å²) in [4.78, 5) is 24.3. The number of aromatic nitrogens is 1. The molecule has 4 rings (SSSR count). The van der Waals surface area contributed by atoms with Crippen molar-refractivity contribution in [3.8, 4) is 5.88 Å². The monoisotopic (exact) mass is 494 g/mol. The third kappa shape index (κ3) is 5.44. The van der Waals surface area contributed by atoms with Crippen molar-refractivity contribution in [2.45, 2.75) is 13.0 Å². The molecule has 0 aliphatic rings. The Balaban J connectivity index is 1.47. The first-order chi connectivity index (χ1) is 16.4. The molecule has 0 atom stereocenters. The van der Waals surface area contributed by atoms with Crippen molar-refractivity contribution in [1.82, 2.24) is 9.88 Å². The summed E-state index contributed by atoms with van der Waals surface area (Å²) in [6.07, 6.45) is 0.109. The number of azo groups is 1. The quantitative estimate of drug-likeness (QED) is 0.324. The van der Waals surface area contributed by atoms with Gasteiger partial charge in [-0.05, 0) is 35.4 Å². The fourth-order valence-corrected chi connectivity index (χ4v) is 3.81. The minimum atomic E-state index is -0.646. The fraction of sp³-hybridized carbons (Fsp3) is 0.120. The zero-order chi connectivity index (χ0) is 24.1. The van der Waals surface area contributed by atoms with Gasteiger partial charge in [0.1, 0.15) is 6.54 Å². The summed E-state index contributed by atoms with van der Waals surface area (Å²) in [6.45, 7) is 0.00515. The third-order valence-corrected chi connectivity index (χ3v) is 5.80. The first kappa shape index (κ1) is 23.5. The maximum atomic E-state index is 12.2. The van der Waals surface area contributed by atoms with Crippen molar-refractivity contribution in [1.29, 1.82) is 0 Å². The molecule has 0 bridgehead atoms. The lowest BCUT2D eigenvalue weighted by Crippen LogP contribution is -2.29. The summed E-state index contributed by atoms with van der Waals surface area (Å²) >= 11 is 12.1. The normalized spacial score (nSPS) is 11.2. The first-order valence-corrected chi connectivity index (χ1v) is 11.2. The number of amides is 2. The van der Waals surface area contributed by atoms with Crippen molar-refractivity contribution in [3.05, 3.63) is 94.0 Å². The van der Waals surface area contributed by atoms with Crippen LogP contribution in [0.1, 0.15) is 11.1 Å². The Labute approximate surface area is 205 Å². The molecule has 1 aromatic heterocycles. The van der Waals surface area contributed by atoms with Crippen molar-refractivity contribution in [2.24, 2.45) is 10.2 Å². The van der Waals surface area contributed by atoms with Crippen molar-refractivity contribution in [3.63, 3.8) is 0 Å². The van der Waals surface area contributed by atoms with Crippen LogP contribution in [-0.2, 0) is 22.6 Å². The molecular weight excluding hydrogens is 475 g/mol. The van der Waals surface area contributed by atoms with Crippen LogP contribution >= 0.6 is 23.2 Å². The van der Waals surface area contributed by atoms with Gasteiger partial charge in [0.15, 0.2) is 5.69 Å². The lowest BCUT2D eigenvalue weighted by Gasteiger charge is -2.08. The van der Waals surface area contributed by atoms with Crippen molar-refractivity contribution >= 4 is 51.6 Å². The number of carbonyl (C=O) groups excluding carboxylic acids is 2. The molecule has 0 unspecified atom stereocenters. The third-order valence-electron chi connectivity index (χ3n) is 5.18. The standard InChI is InChI=1S/C25H20Cl2N4O3/c26-18-11-9-16(10-12-18)13-22(32)28-14-23(33)29-30-24-19-6-2-4-8-21(19)31(25(24)34)15-17-5-1-3-7-20(17)27/h1-12,34H,13-15H2,(H,28,32). The Hall–Kier alpha value is -3.68. The van der Waals surface area contributed by atoms with Gasteiger partial charge in [-0.2, -0.15) is 0 Å². The van der Waals surface area contributed by atoms with Gasteiger partial charge in [0.2, 0.25) is 11.8 Å².